The highest BCUT2D eigenvalue weighted by Gasteiger charge is 2.21. The average Bonchev–Trinajstić information content (AvgIpc) is 3.17. The predicted octanol–water partition coefficient (Wildman–Crippen LogP) is 4.45. The molecule has 0 saturated carbocycles. The predicted molar refractivity (Wildman–Crippen MR) is 103 cm³/mol. The zero-order chi connectivity index (χ0) is 17.4. The van der Waals surface area contributed by atoms with E-state index >= 15 is 0 Å². The smallest absolute Gasteiger partial charge is 0.258 e. The van der Waals surface area contributed by atoms with Crippen LogP contribution in [0.15, 0.2) is 23.6 Å². The van der Waals surface area contributed by atoms with Gasteiger partial charge in [0, 0.05) is 22.9 Å². The minimum Gasteiger partial charge on any atom is -0.326 e. The molecule has 7 heteroatoms. The summed E-state index contributed by atoms with van der Waals surface area (Å²) in [5.41, 5.74) is 3.54. The van der Waals surface area contributed by atoms with E-state index in [1.807, 2.05) is 23.6 Å². The third kappa shape index (κ3) is 3.29. The second-order valence-electron chi connectivity index (χ2n) is 6.10. The van der Waals surface area contributed by atoms with E-state index in [1.54, 1.807) is 11.3 Å². The number of aromatic nitrogens is 1. The quantitative estimate of drug-likeness (QED) is 0.715. The van der Waals surface area contributed by atoms with Gasteiger partial charge >= 0.3 is 0 Å². The molecule has 4 rings (SSSR count). The SMILES string of the molecule is CC(=O)Nc1ccc2nc(NC(=O)c3csc4c3CCCC4)sc2c1. The molecule has 1 aromatic carbocycles. The molecule has 5 nitrogen and oxygen atoms in total. The number of aryl methyl sites for hydroxylation is 1. The summed E-state index contributed by atoms with van der Waals surface area (Å²) >= 11 is 3.10. The fraction of sp³-hybridized carbons (Fsp3) is 0.278. The van der Waals surface area contributed by atoms with Crippen molar-refractivity contribution in [3.63, 3.8) is 0 Å². The minimum atomic E-state index is -0.111. The van der Waals surface area contributed by atoms with Crippen LogP contribution in [0.3, 0.4) is 0 Å². The monoisotopic (exact) mass is 371 g/mol. The first-order chi connectivity index (χ1) is 12.1. The van der Waals surface area contributed by atoms with Gasteiger partial charge in [0.05, 0.1) is 15.8 Å². The van der Waals surface area contributed by atoms with E-state index in [9.17, 15) is 9.59 Å². The van der Waals surface area contributed by atoms with Crippen molar-refractivity contribution in [2.45, 2.75) is 32.6 Å². The van der Waals surface area contributed by atoms with Crippen LogP contribution < -0.4 is 10.6 Å². The molecule has 0 spiro atoms. The molecule has 0 bridgehead atoms. The van der Waals surface area contributed by atoms with Crippen molar-refractivity contribution in [1.82, 2.24) is 4.98 Å². The van der Waals surface area contributed by atoms with E-state index in [4.69, 9.17) is 0 Å². The summed E-state index contributed by atoms with van der Waals surface area (Å²) in [6, 6.07) is 5.53. The van der Waals surface area contributed by atoms with Crippen LogP contribution in [0.1, 0.15) is 40.6 Å². The van der Waals surface area contributed by atoms with Crippen molar-refractivity contribution in [3.05, 3.63) is 39.6 Å². The molecule has 0 atom stereocenters. The van der Waals surface area contributed by atoms with Gasteiger partial charge in [-0.3, -0.25) is 14.9 Å². The molecule has 1 aliphatic rings. The average molecular weight is 371 g/mol. The second-order valence-corrected chi connectivity index (χ2v) is 8.09. The zero-order valence-corrected chi connectivity index (χ0v) is 15.4. The molecule has 3 aromatic rings. The molecule has 2 amide bonds. The summed E-state index contributed by atoms with van der Waals surface area (Å²) in [6.07, 6.45) is 4.43. The molecule has 0 saturated heterocycles. The van der Waals surface area contributed by atoms with E-state index in [2.05, 4.69) is 15.6 Å². The number of hydrogen-bond acceptors (Lipinski definition) is 5. The molecule has 1 aliphatic carbocycles. The highest BCUT2D eigenvalue weighted by atomic mass is 32.1. The van der Waals surface area contributed by atoms with E-state index in [1.165, 1.54) is 35.1 Å². The number of benzene rings is 1. The number of thiazole rings is 1. The number of nitrogens with one attached hydrogen (secondary N) is 2. The van der Waals surface area contributed by atoms with Gasteiger partial charge in [0.2, 0.25) is 5.91 Å². The van der Waals surface area contributed by atoms with Crippen molar-refractivity contribution in [2.75, 3.05) is 10.6 Å². The Labute approximate surface area is 153 Å². The van der Waals surface area contributed by atoms with Crippen LogP contribution in [0.5, 0.6) is 0 Å². The number of fused-ring (bicyclic) bond motifs is 2. The molecule has 2 N–H and O–H groups in total. The van der Waals surface area contributed by atoms with E-state index in [-0.39, 0.29) is 11.8 Å². The van der Waals surface area contributed by atoms with Gasteiger partial charge in [-0.15, -0.1) is 11.3 Å². The van der Waals surface area contributed by atoms with Gasteiger partial charge in [-0.25, -0.2) is 4.98 Å². The Morgan fingerprint density at radius 2 is 2.00 bits per heavy atom. The van der Waals surface area contributed by atoms with Gasteiger partial charge in [0.15, 0.2) is 5.13 Å². The molecule has 2 aromatic heterocycles. The first-order valence-corrected chi connectivity index (χ1v) is 9.88. The van der Waals surface area contributed by atoms with Crippen molar-refractivity contribution in [3.8, 4) is 0 Å². The van der Waals surface area contributed by atoms with Crippen LogP contribution in [0.4, 0.5) is 10.8 Å². The maximum Gasteiger partial charge on any atom is 0.258 e. The molecule has 0 unspecified atom stereocenters. The highest BCUT2D eigenvalue weighted by Crippen LogP contribution is 2.32. The van der Waals surface area contributed by atoms with E-state index in [0.717, 1.165) is 40.7 Å². The van der Waals surface area contributed by atoms with Crippen molar-refractivity contribution in [1.29, 1.82) is 0 Å². The number of nitrogens with zero attached hydrogens (tertiary/aromatic N) is 1. The van der Waals surface area contributed by atoms with Gasteiger partial charge < -0.3 is 5.32 Å². The number of rotatable bonds is 3. The maximum absolute atomic E-state index is 12.6. The number of amides is 2. The lowest BCUT2D eigenvalue weighted by Crippen LogP contribution is -2.14. The number of anilines is 2. The van der Waals surface area contributed by atoms with Gasteiger partial charge in [0.25, 0.3) is 5.91 Å². The van der Waals surface area contributed by atoms with Crippen molar-refractivity contribution >= 4 is 55.5 Å². The summed E-state index contributed by atoms with van der Waals surface area (Å²) in [4.78, 5) is 29.6. The van der Waals surface area contributed by atoms with E-state index < -0.39 is 0 Å². The summed E-state index contributed by atoms with van der Waals surface area (Å²) in [5, 5.41) is 8.23. The summed E-state index contributed by atoms with van der Waals surface area (Å²) in [7, 11) is 0. The number of carbonyl (C=O) groups excluding carboxylic acids is 2. The minimum absolute atomic E-state index is 0.0828. The Morgan fingerprint density at radius 1 is 1.16 bits per heavy atom. The van der Waals surface area contributed by atoms with Crippen molar-refractivity contribution < 1.29 is 9.59 Å². The number of carbonyl (C=O) groups is 2. The first kappa shape index (κ1) is 16.2. The number of hydrogen-bond donors (Lipinski definition) is 2. The standard InChI is InChI=1S/C18H17N3O2S2/c1-10(22)19-11-6-7-14-16(8-11)25-18(20-14)21-17(23)13-9-24-15-5-3-2-4-12(13)15/h6-9H,2-5H2,1H3,(H,19,22)(H,20,21,23). The lowest BCUT2D eigenvalue weighted by molar-refractivity contribution is -0.114. The van der Waals surface area contributed by atoms with Crippen LogP contribution in [-0.4, -0.2) is 16.8 Å². The highest BCUT2D eigenvalue weighted by molar-refractivity contribution is 7.22. The molecular formula is C18H17N3O2S2. The zero-order valence-electron chi connectivity index (χ0n) is 13.7. The van der Waals surface area contributed by atoms with Crippen LogP contribution >= 0.6 is 22.7 Å². The van der Waals surface area contributed by atoms with Crippen molar-refractivity contribution in [2.24, 2.45) is 0 Å². The number of thiophene rings is 1. The first-order valence-electron chi connectivity index (χ1n) is 8.19. The largest absolute Gasteiger partial charge is 0.326 e. The molecular weight excluding hydrogens is 354 g/mol. The summed E-state index contributed by atoms with van der Waals surface area (Å²) in [5.74, 6) is -0.194. The Balaban J connectivity index is 1.57. The van der Waals surface area contributed by atoms with Gasteiger partial charge in [-0.05, 0) is 49.4 Å². The Bertz CT molecular complexity index is 974. The normalized spacial score (nSPS) is 13.5. The van der Waals surface area contributed by atoms with Gasteiger partial charge in [0.1, 0.15) is 0 Å². The van der Waals surface area contributed by atoms with Crippen LogP contribution in [-0.2, 0) is 17.6 Å². The Hall–Kier alpha value is -2.25. The van der Waals surface area contributed by atoms with Gasteiger partial charge in [-0.2, -0.15) is 0 Å². The molecule has 0 radical (unpaired) electrons. The Morgan fingerprint density at radius 3 is 2.84 bits per heavy atom. The van der Waals surface area contributed by atoms with Gasteiger partial charge in [-0.1, -0.05) is 11.3 Å². The lowest BCUT2D eigenvalue weighted by Gasteiger charge is -2.12. The summed E-state index contributed by atoms with van der Waals surface area (Å²) < 4.78 is 0.925. The van der Waals surface area contributed by atoms with Crippen LogP contribution in [0.25, 0.3) is 10.2 Å². The molecule has 0 aliphatic heterocycles. The Kier molecular flexibility index (Phi) is 4.27. The third-order valence-electron chi connectivity index (χ3n) is 4.24. The van der Waals surface area contributed by atoms with E-state index in [0.29, 0.717) is 5.13 Å². The molecule has 2 heterocycles. The fourth-order valence-corrected chi connectivity index (χ4v) is 5.13. The molecule has 0 fully saturated rings. The lowest BCUT2D eigenvalue weighted by atomic mass is 9.96. The second kappa shape index (κ2) is 6.57. The topological polar surface area (TPSA) is 71.1 Å². The van der Waals surface area contributed by atoms with Crippen LogP contribution in [0.2, 0.25) is 0 Å². The third-order valence-corrected chi connectivity index (χ3v) is 6.26. The maximum atomic E-state index is 12.6. The van der Waals surface area contributed by atoms with Crippen LogP contribution in [0, 0.1) is 0 Å². The fourth-order valence-electron chi connectivity index (χ4n) is 3.11. The molecule has 25 heavy (non-hydrogen) atoms. The molecule has 128 valence electrons. The summed E-state index contributed by atoms with van der Waals surface area (Å²) in [6.45, 7) is 1.48.